The van der Waals surface area contributed by atoms with E-state index in [2.05, 4.69) is 15.0 Å². The molecule has 0 aliphatic rings. The third-order valence-electron chi connectivity index (χ3n) is 3.18. The molecule has 1 amide bonds. The SMILES string of the molecule is CC(=NOC(=O)N(C)SNCS(=O)(=O)c1ccc(C)cc1)n1cccn1. The van der Waals surface area contributed by atoms with Crippen molar-refractivity contribution >= 4 is 33.9 Å². The molecule has 2 aromatic rings. The fourth-order valence-electron chi connectivity index (χ4n) is 1.73. The number of hydrogen-bond donors (Lipinski definition) is 1. The number of sulfone groups is 1. The Hall–Kier alpha value is -2.37. The first-order valence-corrected chi connectivity index (χ1v) is 9.91. The summed E-state index contributed by atoms with van der Waals surface area (Å²) < 4.78 is 29.5. The van der Waals surface area contributed by atoms with Gasteiger partial charge in [0.1, 0.15) is 5.88 Å². The molecule has 1 N–H and O–H groups in total. The van der Waals surface area contributed by atoms with Crippen molar-refractivity contribution in [2.24, 2.45) is 5.16 Å². The first-order chi connectivity index (χ1) is 12.3. The molecule has 9 nitrogen and oxygen atoms in total. The van der Waals surface area contributed by atoms with Crippen molar-refractivity contribution < 1.29 is 18.0 Å². The molecule has 0 aliphatic carbocycles. The van der Waals surface area contributed by atoms with Gasteiger partial charge in [-0.3, -0.25) is 4.84 Å². The van der Waals surface area contributed by atoms with E-state index < -0.39 is 15.9 Å². The number of carbonyl (C=O) groups excluding carboxylic acids is 1. The van der Waals surface area contributed by atoms with Gasteiger partial charge in [0.25, 0.3) is 0 Å². The fraction of sp³-hybridized carbons (Fsp3) is 0.267. The Bertz CT molecular complexity index is 864. The van der Waals surface area contributed by atoms with Crippen LogP contribution in [0.1, 0.15) is 12.5 Å². The van der Waals surface area contributed by atoms with E-state index in [1.807, 2.05) is 6.92 Å². The molecule has 0 atom stereocenters. The number of nitrogens with zero attached hydrogens (tertiary/aromatic N) is 4. The topological polar surface area (TPSA) is 106 Å². The standard InChI is InChI=1S/C15H19N5O4S2/c1-12-5-7-14(8-6-12)26(22,23)11-17-25-19(3)15(21)24-18-13(2)20-10-4-9-16-20/h4-10,17H,11H2,1-3H3. The quantitative estimate of drug-likeness (QED) is 0.261. The zero-order chi connectivity index (χ0) is 19.2. The fourth-order valence-corrected chi connectivity index (χ4v) is 3.58. The number of oxime groups is 1. The second-order valence-corrected chi connectivity index (χ2v) is 8.26. The Balaban J connectivity index is 1.82. The molecular weight excluding hydrogens is 378 g/mol. The highest BCUT2D eigenvalue weighted by Gasteiger charge is 2.16. The number of aromatic nitrogens is 2. The average molecular weight is 397 g/mol. The summed E-state index contributed by atoms with van der Waals surface area (Å²) in [5.41, 5.74) is 0.972. The van der Waals surface area contributed by atoms with Crippen LogP contribution in [0.3, 0.4) is 0 Å². The molecule has 0 fully saturated rings. The minimum absolute atomic E-state index is 0.209. The minimum atomic E-state index is -3.50. The Morgan fingerprint density at radius 2 is 2.08 bits per heavy atom. The number of aryl methyl sites for hydroxylation is 1. The Kier molecular flexibility index (Phi) is 6.77. The lowest BCUT2D eigenvalue weighted by Crippen LogP contribution is -2.27. The van der Waals surface area contributed by atoms with Crippen molar-refractivity contribution in [3.8, 4) is 0 Å². The highest BCUT2D eigenvalue weighted by Crippen LogP contribution is 2.13. The molecule has 140 valence electrons. The Labute approximate surface area is 156 Å². The third-order valence-corrected chi connectivity index (χ3v) is 5.57. The summed E-state index contributed by atoms with van der Waals surface area (Å²) in [6, 6.07) is 8.25. The van der Waals surface area contributed by atoms with Gasteiger partial charge in [-0.15, -0.1) is 0 Å². The van der Waals surface area contributed by atoms with Crippen LogP contribution in [0.15, 0.2) is 52.8 Å². The molecule has 0 radical (unpaired) electrons. The lowest BCUT2D eigenvalue weighted by atomic mass is 10.2. The van der Waals surface area contributed by atoms with E-state index in [9.17, 15) is 13.2 Å². The molecule has 0 unspecified atom stereocenters. The summed E-state index contributed by atoms with van der Waals surface area (Å²) in [5, 5.41) is 7.61. The first-order valence-electron chi connectivity index (χ1n) is 7.48. The van der Waals surface area contributed by atoms with E-state index >= 15 is 0 Å². The molecule has 0 saturated heterocycles. The molecule has 0 bridgehead atoms. The van der Waals surface area contributed by atoms with Gasteiger partial charge in [0, 0.05) is 31.6 Å². The number of rotatable bonds is 6. The van der Waals surface area contributed by atoms with Crippen molar-refractivity contribution in [3.63, 3.8) is 0 Å². The maximum atomic E-state index is 12.2. The number of carbonyl (C=O) groups is 1. The van der Waals surface area contributed by atoms with E-state index in [4.69, 9.17) is 4.84 Å². The van der Waals surface area contributed by atoms with Crippen molar-refractivity contribution in [1.29, 1.82) is 0 Å². The second-order valence-electron chi connectivity index (χ2n) is 5.25. The van der Waals surface area contributed by atoms with Crippen molar-refractivity contribution in [1.82, 2.24) is 18.8 Å². The normalized spacial score (nSPS) is 12.0. The van der Waals surface area contributed by atoms with Crippen LogP contribution in [0.2, 0.25) is 0 Å². The van der Waals surface area contributed by atoms with Gasteiger partial charge in [0.05, 0.1) is 4.90 Å². The van der Waals surface area contributed by atoms with Crippen LogP contribution < -0.4 is 4.72 Å². The molecule has 0 saturated carbocycles. The highest BCUT2D eigenvalue weighted by atomic mass is 32.2. The number of nitrogens with one attached hydrogen (secondary N) is 1. The maximum absolute atomic E-state index is 12.2. The smallest absolute Gasteiger partial charge is 0.295 e. The van der Waals surface area contributed by atoms with Crippen LogP contribution >= 0.6 is 12.1 Å². The molecule has 1 heterocycles. The summed E-state index contributed by atoms with van der Waals surface area (Å²) in [5.74, 6) is 0.0326. The van der Waals surface area contributed by atoms with E-state index in [1.54, 1.807) is 49.6 Å². The van der Waals surface area contributed by atoms with Gasteiger partial charge < -0.3 is 0 Å². The van der Waals surface area contributed by atoms with Crippen LogP contribution in [-0.4, -0.2) is 47.4 Å². The summed E-state index contributed by atoms with van der Waals surface area (Å²) in [6.45, 7) is 3.50. The molecule has 1 aromatic heterocycles. The molecule has 0 spiro atoms. The summed E-state index contributed by atoms with van der Waals surface area (Å²) in [7, 11) is -2.08. The zero-order valence-electron chi connectivity index (χ0n) is 14.5. The number of benzene rings is 1. The van der Waals surface area contributed by atoms with E-state index in [0.717, 1.165) is 22.0 Å². The maximum Gasteiger partial charge on any atom is 0.446 e. The summed E-state index contributed by atoms with van der Waals surface area (Å²) in [4.78, 5) is 16.8. The summed E-state index contributed by atoms with van der Waals surface area (Å²) in [6.07, 6.45) is 2.46. The van der Waals surface area contributed by atoms with Gasteiger partial charge in [0.15, 0.2) is 15.7 Å². The lowest BCUT2D eigenvalue weighted by molar-refractivity contribution is 0.136. The van der Waals surface area contributed by atoms with Crippen molar-refractivity contribution in [3.05, 3.63) is 48.3 Å². The van der Waals surface area contributed by atoms with E-state index in [-0.39, 0.29) is 10.8 Å². The van der Waals surface area contributed by atoms with Crippen LogP contribution in [0.25, 0.3) is 0 Å². The van der Waals surface area contributed by atoms with Crippen LogP contribution in [0.5, 0.6) is 0 Å². The predicted molar refractivity (Wildman–Crippen MR) is 98.9 cm³/mol. The van der Waals surface area contributed by atoms with E-state index in [1.165, 1.54) is 11.7 Å². The van der Waals surface area contributed by atoms with Gasteiger partial charge in [-0.25, -0.2) is 26.9 Å². The van der Waals surface area contributed by atoms with Gasteiger partial charge >= 0.3 is 6.09 Å². The monoisotopic (exact) mass is 397 g/mol. The van der Waals surface area contributed by atoms with Gasteiger partial charge in [-0.2, -0.15) is 5.10 Å². The third kappa shape index (κ3) is 5.58. The Morgan fingerprint density at radius 1 is 1.38 bits per heavy atom. The second kappa shape index (κ2) is 8.83. The zero-order valence-corrected chi connectivity index (χ0v) is 16.1. The minimum Gasteiger partial charge on any atom is -0.295 e. The van der Waals surface area contributed by atoms with Crippen LogP contribution in [0.4, 0.5) is 4.79 Å². The average Bonchev–Trinajstić information content (AvgIpc) is 3.14. The van der Waals surface area contributed by atoms with E-state index in [0.29, 0.717) is 5.84 Å². The van der Waals surface area contributed by atoms with Gasteiger partial charge in [-0.1, -0.05) is 22.9 Å². The Morgan fingerprint density at radius 3 is 2.69 bits per heavy atom. The van der Waals surface area contributed by atoms with Gasteiger partial charge in [0.2, 0.25) is 0 Å². The summed E-state index contributed by atoms with van der Waals surface area (Å²) >= 11 is 0.796. The molecule has 26 heavy (non-hydrogen) atoms. The van der Waals surface area contributed by atoms with Crippen molar-refractivity contribution in [2.75, 3.05) is 12.9 Å². The lowest BCUT2D eigenvalue weighted by Gasteiger charge is -2.14. The largest absolute Gasteiger partial charge is 0.446 e. The number of hydrogen-bond acceptors (Lipinski definition) is 8. The van der Waals surface area contributed by atoms with Crippen LogP contribution in [0, 0.1) is 6.92 Å². The van der Waals surface area contributed by atoms with Gasteiger partial charge in [-0.05, 0) is 32.0 Å². The van der Waals surface area contributed by atoms with Crippen LogP contribution in [-0.2, 0) is 14.7 Å². The molecule has 11 heteroatoms. The predicted octanol–water partition coefficient (Wildman–Crippen LogP) is 2.03. The molecular formula is C15H19N5O4S2. The van der Waals surface area contributed by atoms with Crippen molar-refractivity contribution in [2.45, 2.75) is 18.7 Å². The molecule has 1 aromatic carbocycles. The molecule has 2 rings (SSSR count). The highest BCUT2D eigenvalue weighted by molar-refractivity contribution is 7.97. The number of amides is 1. The first kappa shape index (κ1) is 19.9. The molecule has 0 aliphatic heterocycles.